The lowest BCUT2D eigenvalue weighted by molar-refractivity contribution is 0.413. The molecule has 1 heterocycles. The van der Waals surface area contributed by atoms with Gasteiger partial charge in [0.05, 0.1) is 7.11 Å². The van der Waals surface area contributed by atoms with E-state index in [1.54, 1.807) is 19.5 Å². The van der Waals surface area contributed by atoms with Gasteiger partial charge in [-0.3, -0.25) is 4.98 Å². The van der Waals surface area contributed by atoms with Gasteiger partial charge in [-0.1, -0.05) is 12.2 Å². The van der Waals surface area contributed by atoms with Crippen LogP contribution in [0.2, 0.25) is 0 Å². The minimum atomic E-state index is 0.859. The van der Waals surface area contributed by atoms with E-state index in [0.29, 0.717) is 0 Å². The van der Waals surface area contributed by atoms with Crippen LogP contribution in [0.4, 0.5) is 0 Å². The van der Waals surface area contributed by atoms with Gasteiger partial charge in [-0.05, 0) is 13.0 Å². The Balaban J connectivity index is 3.02. The third kappa shape index (κ3) is 1.80. The second-order valence-corrected chi connectivity index (χ2v) is 2.12. The van der Waals surface area contributed by atoms with Gasteiger partial charge in [-0.25, -0.2) is 0 Å². The van der Waals surface area contributed by atoms with Crippen LogP contribution in [0.25, 0.3) is 6.08 Å². The molecule has 0 amide bonds. The molecule has 0 N–H and O–H groups in total. The van der Waals surface area contributed by atoms with Gasteiger partial charge in [0.15, 0.2) is 0 Å². The molecule has 0 unspecified atom stereocenters. The maximum Gasteiger partial charge on any atom is 0.129 e. The number of nitrogens with zero attached hydrogens (tertiary/aromatic N) is 1. The zero-order valence-electron chi connectivity index (χ0n) is 6.74. The monoisotopic (exact) mass is 149 g/mol. The molecule has 0 atom stereocenters. The Morgan fingerprint density at radius 1 is 1.55 bits per heavy atom. The molecule has 0 radical (unpaired) electrons. The summed E-state index contributed by atoms with van der Waals surface area (Å²) in [4.78, 5) is 3.98. The molecule has 2 nitrogen and oxygen atoms in total. The van der Waals surface area contributed by atoms with Crippen molar-refractivity contribution >= 4 is 6.08 Å². The summed E-state index contributed by atoms with van der Waals surface area (Å²) in [7, 11) is 1.66. The lowest BCUT2D eigenvalue weighted by Crippen LogP contribution is -1.86. The van der Waals surface area contributed by atoms with Crippen LogP contribution < -0.4 is 4.74 Å². The van der Waals surface area contributed by atoms with E-state index in [1.165, 1.54) is 0 Å². The Kier molecular flexibility index (Phi) is 2.66. The van der Waals surface area contributed by atoms with Crippen molar-refractivity contribution in [3.63, 3.8) is 0 Å². The molecular formula is C9H11NO. The summed E-state index contributed by atoms with van der Waals surface area (Å²) < 4.78 is 5.11. The molecular weight excluding hydrogens is 138 g/mol. The molecule has 2 heteroatoms. The van der Waals surface area contributed by atoms with Gasteiger partial charge in [-0.15, -0.1) is 0 Å². The normalized spacial score (nSPS) is 10.4. The maximum atomic E-state index is 5.11. The van der Waals surface area contributed by atoms with Crippen molar-refractivity contribution in [3.8, 4) is 5.75 Å². The van der Waals surface area contributed by atoms with Crippen molar-refractivity contribution in [1.82, 2.24) is 4.98 Å². The molecule has 0 aliphatic carbocycles. The molecule has 11 heavy (non-hydrogen) atoms. The largest absolute Gasteiger partial charge is 0.496 e. The van der Waals surface area contributed by atoms with Crippen LogP contribution in [0.3, 0.4) is 0 Å². The fourth-order valence-electron chi connectivity index (χ4n) is 0.885. The van der Waals surface area contributed by atoms with Crippen LogP contribution in [0.15, 0.2) is 24.5 Å². The molecule has 0 aromatic carbocycles. The SMILES string of the molecule is C/C=C/c1cnccc1OC. The van der Waals surface area contributed by atoms with Crippen LogP contribution in [0.1, 0.15) is 12.5 Å². The van der Waals surface area contributed by atoms with Gasteiger partial charge in [0, 0.05) is 18.0 Å². The first kappa shape index (κ1) is 7.79. The predicted octanol–water partition coefficient (Wildman–Crippen LogP) is 2.12. The highest BCUT2D eigenvalue weighted by molar-refractivity contribution is 5.55. The van der Waals surface area contributed by atoms with E-state index in [-0.39, 0.29) is 0 Å². The van der Waals surface area contributed by atoms with Crippen LogP contribution >= 0.6 is 0 Å². The maximum absolute atomic E-state index is 5.11. The quantitative estimate of drug-likeness (QED) is 0.642. The molecule has 0 spiro atoms. The van der Waals surface area contributed by atoms with Crippen LogP contribution in [0, 0.1) is 0 Å². The van der Waals surface area contributed by atoms with Crippen molar-refractivity contribution in [2.24, 2.45) is 0 Å². The second-order valence-electron chi connectivity index (χ2n) is 2.12. The first-order valence-electron chi connectivity index (χ1n) is 3.49. The third-order valence-corrected chi connectivity index (χ3v) is 1.38. The fourth-order valence-corrected chi connectivity index (χ4v) is 0.885. The van der Waals surface area contributed by atoms with Gasteiger partial charge in [0.2, 0.25) is 0 Å². The van der Waals surface area contributed by atoms with Gasteiger partial charge in [-0.2, -0.15) is 0 Å². The smallest absolute Gasteiger partial charge is 0.129 e. The highest BCUT2D eigenvalue weighted by Gasteiger charge is 1.95. The van der Waals surface area contributed by atoms with Crippen LogP contribution in [-0.2, 0) is 0 Å². The summed E-state index contributed by atoms with van der Waals surface area (Å²) in [6.45, 7) is 1.96. The zero-order valence-corrected chi connectivity index (χ0v) is 6.74. The number of ether oxygens (including phenoxy) is 1. The van der Waals surface area contributed by atoms with E-state index in [9.17, 15) is 0 Å². The summed E-state index contributed by atoms with van der Waals surface area (Å²) >= 11 is 0. The molecule has 0 aliphatic rings. The highest BCUT2D eigenvalue weighted by Crippen LogP contribution is 2.16. The number of methoxy groups -OCH3 is 1. The van der Waals surface area contributed by atoms with Crippen LogP contribution in [0.5, 0.6) is 5.75 Å². The Labute approximate surface area is 66.5 Å². The molecule has 0 saturated carbocycles. The number of hydrogen-bond acceptors (Lipinski definition) is 2. The molecule has 0 fully saturated rings. The van der Waals surface area contributed by atoms with Crippen molar-refractivity contribution in [2.45, 2.75) is 6.92 Å². The van der Waals surface area contributed by atoms with E-state index >= 15 is 0 Å². The third-order valence-electron chi connectivity index (χ3n) is 1.38. The minimum absolute atomic E-state index is 0.859. The van der Waals surface area contributed by atoms with Crippen molar-refractivity contribution in [2.75, 3.05) is 7.11 Å². The Morgan fingerprint density at radius 3 is 3.00 bits per heavy atom. The summed E-state index contributed by atoms with van der Waals surface area (Å²) in [6, 6.07) is 1.84. The molecule has 0 bridgehead atoms. The predicted molar refractivity (Wildman–Crippen MR) is 45.5 cm³/mol. The number of allylic oxidation sites excluding steroid dienone is 1. The molecule has 0 aliphatic heterocycles. The van der Waals surface area contributed by atoms with Gasteiger partial charge >= 0.3 is 0 Å². The van der Waals surface area contributed by atoms with Crippen molar-refractivity contribution in [3.05, 3.63) is 30.1 Å². The van der Waals surface area contributed by atoms with Gasteiger partial charge in [0.1, 0.15) is 5.75 Å². The first-order valence-corrected chi connectivity index (χ1v) is 3.49. The topological polar surface area (TPSA) is 22.1 Å². The van der Waals surface area contributed by atoms with Gasteiger partial charge < -0.3 is 4.74 Å². The summed E-state index contributed by atoms with van der Waals surface area (Å²) in [5, 5.41) is 0. The second kappa shape index (κ2) is 3.76. The standard InChI is InChI=1S/C9H11NO/c1-3-4-8-7-10-6-5-9(8)11-2/h3-7H,1-2H3/b4-3+. The van der Waals surface area contributed by atoms with E-state index < -0.39 is 0 Å². The molecule has 1 aromatic rings. The number of hydrogen-bond donors (Lipinski definition) is 0. The summed E-state index contributed by atoms with van der Waals surface area (Å²) in [5.74, 6) is 0.859. The van der Waals surface area contributed by atoms with Crippen LogP contribution in [-0.4, -0.2) is 12.1 Å². The average Bonchev–Trinajstić information content (AvgIpc) is 2.06. The minimum Gasteiger partial charge on any atom is -0.496 e. The Bertz CT molecular complexity index is 255. The zero-order chi connectivity index (χ0) is 8.10. The van der Waals surface area contributed by atoms with E-state index in [0.717, 1.165) is 11.3 Å². The molecule has 1 rings (SSSR count). The number of rotatable bonds is 2. The molecule has 58 valence electrons. The Hall–Kier alpha value is -1.31. The van der Waals surface area contributed by atoms with E-state index in [1.807, 2.05) is 25.1 Å². The lowest BCUT2D eigenvalue weighted by atomic mass is 10.2. The fraction of sp³-hybridized carbons (Fsp3) is 0.222. The lowest BCUT2D eigenvalue weighted by Gasteiger charge is -2.01. The van der Waals surface area contributed by atoms with E-state index in [4.69, 9.17) is 4.74 Å². The summed E-state index contributed by atoms with van der Waals surface area (Å²) in [5.41, 5.74) is 1.01. The highest BCUT2D eigenvalue weighted by atomic mass is 16.5. The summed E-state index contributed by atoms with van der Waals surface area (Å²) in [6.07, 6.45) is 7.41. The number of pyridine rings is 1. The van der Waals surface area contributed by atoms with E-state index in [2.05, 4.69) is 4.98 Å². The van der Waals surface area contributed by atoms with Crippen molar-refractivity contribution in [1.29, 1.82) is 0 Å². The van der Waals surface area contributed by atoms with Crippen molar-refractivity contribution < 1.29 is 4.74 Å². The number of aromatic nitrogens is 1. The first-order chi connectivity index (χ1) is 5.38. The molecule has 1 aromatic heterocycles. The molecule has 0 saturated heterocycles. The Morgan fingerprint density at radius 2 is 2.36 bits per heavy atom. The van der Waals surface area contributed by atoms with Gasteiger partial charge in [0.25, 0.3) is 0 Å². The average molecular weight is 149 g/mol.